The summed E-state index contributed by atoms with van der Waals surface area (Å²) in [5.41, 5.74) is -1.54. The smallest absolute Gasteiger partial charge is 0.375 e. The average molecular weight is 598 g/mol. The summed E-state index contributed by atoms with van der Waals surface area (Å²) in [5, 5.41) is 25.8. The van der Waals surface area contributed by atoms with Crippen molar-refractivity contribution in [3.8, 4) is 11.8 Å². The number of nitrogens with zero attached hydrogens (tertiary/aromatic N) is 3. The molecule has 1 aromatic heterocycles. The van der Waals surface area contributed by atoms with E-state index in [0.717, 1.165) is 30.0 Å². The standard InChI is InChI=1S/C24H19F4IN4O2/c25-18-7-6-16(23(29,35)9-8-14-4-5-14)11-19(18)31-22(34)20-12-21(24(26,27)28)32-33(20)17-3-1-2-15(10-17)13-30/h1-3,6-7,10-12,14,35H,4-5,8-9H2,(H,31,34). The number of amides is 1. The lowest BCUT2D eigenvalue weighted by atomic mass is 10.0. The summed E-state index contributed by atoms with van der Waals surface area (Å²) in [5.74, 6) is -1.29. The number of carbonyl (C=O) groups excluding carboxylic acids is 1. The van der Waals surface area contributed by atoms with Gasteiger partial charge in [0.05, 0.1) is 23.0 Å². The quantitative estimate of drug-likeness (QED) is 0.201. The molecule has 2 aromatic carbocycles. The van der Waals surface area contributed by atoms with Crippen LogP contribution in [0.25, 0.3) is 5.69 Å². The number of anilines is 1. The average Bonchev–Trinajstić information content (AvgIpc) is 3.53. The molecular weight excluding hydrogens is 579 g/mol. The second-order valence-electron chi connectivity index (χ2n) is 8.38. The first-order valence-corrected chi connectivity index (χ1v) is 11.8. The van der Waals surface area contributed by atoms with Crippen LogP contribution in [0, 0.1) is 23.1 Å². The van der Waals surface area contributed by atoms with Gasteiger partial charge in [-0.05, 0) is 77.2 Å². The minimum atomic E-state index is -4.84. The molecule has 0 radical (unpaired) electrons. The molecule has 6 nitrogen and oxygen atoms in total. The maximum Gasteiger partial charge on any atom is 0.435 e. The molecular formula is C24H19F4IN4O2. The fraction of sp³-hybridized carbons (Fsp3) is 0.292. The van der Waals surface area contributed by atoms with E-state index in [9.17, 15) is 27.5 Å². The zero-order valence-electron chi connectivity index (χ0n) is 18.1. The van der Waals surface area contributed by atoms with Crippen LogP contribution in [-0.4, -0.2) is 20.8 Å². The molecule has 3 aromatic rings. The van der Waals surface area contributed by atoms with Crippen LogP contribution >= 0.6 is 22.6 Å². The van der Waals surface area contributed by atoms with Gasteiger partial charge < -0.3 is 10.4 Å². The molecule has 1 fully saturated rings. The van der Waals surface area contributed by atoms with Gasteiger partial charge in [-0.15, -0.1) is 0 Å². The monoisotopic (exact) mass is 598 g/mol. The molecule has 0 bridgehead atoms. The first kappa shape index (κ1) is 25.1. The number of halogens is 5. The molecule has 1 unspecified atom stereocenters. The first-order valence-electron chi connectivity index (χ1n) is 10.7. The van der Waals surface area contributed by atoms with Gasteiger partial charge in [-0.3, -0.25) is 4.79 Å². The van der Waals surface area contributed by atoms with Crippen molar-refractivity contribution in [2.24, 2.45) is 5.92 Å². The van der Waals surface area contributed by atoms with Crippen molar-refractivity contribution in [3.63, 3.8) is 0 Å². The van der Waals surface area contributed by atoms with Gasteiger partial charge in [-0.25, -0.2) is 9.07 Å². The fourth-order valence-electron chi connectivity index (χ4n) is 3.58. The number of aliphatic hydroxyl groups is 1. The molecule has 0 aliphatic heterocycles. The summed E-state index contributed by atoms with van der Waals surface area (Å²) < 4.78 is 54.1. The molecule has 2 N–H and O–H groups in total. The molecule has 4 rings (SSSR count). The molecule has 0 saturated heterocycles. The van der Waals surface area contributed by atoms with Gasteiger partial charge in [0.15, 0.2) is 5.69 Å². The summed E-state index contributed by atoms with van der Waals surface area (Å²) in [6.07, 6.45) is -1.37. The van der Waals surface area contributed by atoms with Crippen molar-refractivity contribution >= 4 is 34.2 Å². The third-order valence-electron chi connectivity index (χ3n) is 5.69. The number of nitrogens with one attached hydrogen (secondary N) is 1. The van der Waals surface area contributed by atoms with Crippen LogP contribution < -0.4 is 5.32 Å². The van der Waals surface area contributed by atoms with Gasteiger partial charge in [0, 0.05) is 6.07 Å². The number of alkyl halides is 4. The fourth-order valence-corrected chi connectivity index (χ4v) is 4.22. The van der Waals surface area contributed by atoms with E-state index < -0.39 is 32.9 Å². The highest BCUT2D eigenvalue weighted by atomic mass is 127. The van der Waals surface area contributed by atoms with Crippen LogP contribution in [0.15, 0.2) is 48.5 Å². The molecule has 1 heterocycles. The van der Waals surface area contributed by atoms with Gasteiger partial charge in [-0.1, -0.05) is 25.0 Å². The van der Waals surface area contributed by atoms with Crippen molar-refractivity contribution in [2.45, 2.75) is 35.5 Å². The Hall–Kier alpha value is -2.98. The SMILES string of the molecule is N#Cc1cccc(-n2nc(C(F)(F)F)cc2C(=O)Nc2cc(C(O)(I)CCC3CC3)ccc2F)c1. The Morgan fingerprint density at radius 3 is 2.63 bits per heavy atom. The minimum Gasteiger partial charge on any atom is -0.375 e. The molecule has 35 heavy (non-hydrogen) atoms. The van der Waals surface area contributed by atoms with E-state index in [1.54, 1.807) is 0 Å². The lowest BCUT2D eigenvalue weighted by Gasteiger charge is -2.23. The predicted octanol–water partition coefficient (Wildman–Crippen LogP) is 5.92. The third kappa shape index (κ3) is 5.82. The third-order valence-corrected chi connectivity index (χ3v) is 6.85. The van der Waals surface area contributed by atoms with Crippen molar-refractivity contribution in [1.29, 1.82) is 5.26 Å². The molecule has 1 atom stereocenters. The van der Waals surface area contributed by atoms with Gasteiger partial charge in [0.1, 0.15) is 15.1 Å². The van der Waals surface area contributed by atoms with Crippen LogP contribution in [0.5, 0.6) is 0 Å². The van der Waals surface area contributed by atoms with E-state index in [1.807, 2.05) is 28.7 Å². The lowest BCUT2D eigenvalue weighted by molar-refractivity contribution is -0.141. The predicted molar refractivity (Wildman–Crippen MR) is 128 cm³/mol. The molecule has 1 aliphatic carbocycles. The van der Waals surface area contributed by atoms with E-state index in [2.05, 4.69) is 10.4 Å². The molecule has 1 saturated carbocycles. The van der Waals surface area contributed by atoms with Gasteiger partial charge in [0.25, 0.3) is 5.91 Å². The number of benzene rings is 2. The topological polar surface area (TPSA) is 90.9 Å². The molecule has 182 valence electrons. The molecule has 1 amide bonds. The van der Waals surface area contributed by atoms with Crippen LogP contribution in [0.4, 0.5) is 23.2 Å². The zero-order chi connectivity index (χ0) is 25.4. The Morgan fingerprint density at radius 1 is 1.23 bits per heavy atom. The van der Waals surface area contributed by atoms with Crippen LogP contribution in [0.2, 0.25) is 0 Å². The van der Waals surface area contributed by atoms with E-state index in [0.29, 0.717) is 24.0 Å². The maximum atomic E-state index is 14.5. The van der Waals surface area contributed by atoms with Crippen molar-refractivity contribution < 1.29 is 27.5 Å². The number of aromatic nitrogens is 2. The normalized spacial score (nSPS) is 15.3. The van der Waals surface area contributed by atoms with Crippen molar-refractivity contribution in [3.05, 3.63) is 76.9 Å². The number of rotatable bonds is 7. The van der Waals surface area contributed by atoms with Crippen LogP contribution in [0.3, 0.4) is 0 Å². The van der Waals surface area contributed by atoms with E-state index in [1.165, 1.54) is 36.4 Å². The number of carbonyl (C=O) groups is 1. The highest BCUT2D eigenvalue weighted by Crippen LogP contribution is 2.41. The Balaban J connectivity index is 1.67. The number of hydrogen-bond donors (Lipinski definition) is 2. The van der Waals surface area contributed by atoms with Crippen molar-refractivity contribution in [2.75, 3.05) is 5.32 Å². The second kappa shape index (κ2) is 9.58. The van der Waals surface area contributed by atoms with Crippen LogP contribution in [0.1, 0.15) is 53.0 Å². The van der Waals surface area contributed by atoms with Crippen molar-refractivity contribution in [1.82, 2.24) is 9.78 Å². The number of nitriles is 1. The van der Waals surface area contributed by atoms with Gasteiger partial charge in [-0.2, -0.15) is 23.5 Å². The van der Waals surface area contributed by atoms with E-state index in [-0.39, 0.29) is 16.9 Å². The largest absolute Gasteiger partial charge is 0.435 e. The Labute approximate surface area is 211 Å². The second-order valence-corrected chi connectivity index (χ2v) is 10.2. The summed E-state index contributed by atoms with van der Waals surface area (Å²) in [6, 6.07) is 11.8. The highest BCUT2D eigenvalue weighted by molar-refractivity contribution is 14.1. The van der Waals surface area contributed by atoms with Crippen LogP contribution in [-0.2, 0) is 9.78 Å². The van der Waals surface area contributed by atoms with Gasteiger partial charge >= 0.3 is 6.18 Å². The molecule has 0 spiro atoms. The summed E-state index contributed by atoms with van der Waals surface area (Å²) >= 11 is 1.86. The Kier molecular flexibility index (Phi) is 6.88. The highest BCUT2D eigenvalue weighted by Gasteiger charge is 2.36. The summed E-state index contributed by atoms with van der Waals surface area (Å²) in [6.45, 7) is 0. The summed E-state index contributed by atoms with van der Waals surface area (Å²) in [4.78, 5) is 13.0. The van der Waals surface area contributed by atoms with E-state index in [4.69, 9.17) is 5.26 Å². The molecule has 11 heteroatoms. The summed E-state index contributed by atoms with van der Waals surface area (Å²) in [7, 11) is 0. The lowest BCUT2D eigenvalue weighted by Crippen LogP contribution is -2.20. The maximum absolute atomic E-state index is 14.5. The van der Waals surface area contributed by atoms with Gasteiger partial charge in [0.2, 0.25) is 0 Å². The minimum absolute atomic E-state index is 0.0561. The Morgan fingerprint density at radius 2 is 1.97 bits per heavy atom. The Bertz CT molecular complexity index is 1310. The van der Waals surface area contributed by atoms with E-state index >= 15 is 0 Å². The number of hydrogen-bond acceptors (Lipinski definition) is 4. The zero-order valence-corrected chi connectivity index (χ0v) is 20.3. The molecule has 1 aliphatic rings. The first-order chi connectivity index (χ1) is 16.5.